The molecule has 2 heterocycles. The van der Waals surface area contributed by atoms with Crippen LogP contribution in [0.25, 0.3) is 17.1 Å². The van der Waals surface area contributed by atoms with Crippen LogP contribution in [0.4, 0.5) is 14.6 Å². The van der Waals surface area contributed by atoms with Crippen molar-refractivity contribution in [3.05, 3.63) is 74.5 Å². The van der Waals surface area contributed by atoms with Crippen molar-refractivity contribution in [1.82, 2.24) is 9.55 Å². The molecule has 174 valence electrons. The standard InChI is InChI=1S/C25H22ClF2N5O/c26-22-24(32-9-7-17(30)8-10-32)31-23(15-3-4-16(13-29)20(27)11-15)33(25(22)34)18-5-6-19(14-1-2-14)21(28)12-18/h3-6,11-12,14,17H,1-2,7-10,30H2. The lowest BCUT2D eigenvalue weighted by atomic mass is 10.1. The Balaban J connectivity index is 1.71. The Morgan fingerprint density at radius 3 is 2.41 bits per heavy atom. The topological polar surface area (TPSA) is 87.9 Å². The summed E-state index contributed by atoms with van der Waals surface area (Å²) < 4.78 is 30.6. The lowest BCUT2D eigenvalue weighted by molar-refractivity contribution is 0.498. The number of hydrogen-bond donors (Lipinski definition) is 1. The molecular formula is C25H22ClF2N5O. The molecule has 0 bridgehead atoms. The Hall–Kier alpha value is -3.28. The summed E-state index contributed by atoms with van der Waals surface area (Å²) in [7, 11) is 0. The van der Waals surface area contributed by atoms with Gasteiger partial charge in [-0.25, -0.2) is 13.8 Å². The predicted octanol–water partition coefficient (Wildman–Crippen LogP) is 4.51. The van der Waals surface area contributed by atoms with Crippen molar-refractivity contribution in [2.45, 2.75) is 37.6 Å². The fourth-order valence-corrected chi connectivity index (χ4v) is 4.62. The second-order valence-corrected chi connectivity index (χ2v) is 9.20. The van der Waals surface area contributed by atoms with Crippen molar-refractivity contribution < 1.29 is 8.78 Å². The number of nitrogens with zero attached hydrogens (tertiary/aromatic N) is 4. The molecular weight excluding hydrogens is 460 g/mol. The maximum absolute atomic E-state index is 14.9. The van der Waals surface area contributed by atoms with Gasteiger partial charge in [0.15, 0.2) is 5.82 Å². The van der Waals surface area contributed by atoms with E-state index in [1.54, 1.807) is 18.2 Å². The predicted molar refractivity (Wildman–Crippen MR) is 126 cm³/mol. The molecule has 0 atom stereocenters. The molecule has 0 spiro atoms. The van der Waals surface area contributed by atoms with Gasteiger partial charge in [0, 0.05) is 24.7 Å². The molecule has 2 fully saturated rings. The van der Waals surface area contributed by atoms with E-state index in [0.29, 0.717) is 18.7 Å². The van der Waals surface area contributed by atoms with Crippen LogP contribution in [0.1, 0.15) is 42.7 Å². The molecule has 1 aromatic heterocycles. The van der Waals surface area contributed by atoms with Gasteiger partial charge in [-0.05, 0) is 67.5 Å². The van der Waals surface area contributed by atoms with E-state index in [-0.39, 0.29) is 45.4 Å². The first kappa shape index (κ1) is 22.5. The van der Waals surface area contributed by atoms with Crippen molar-refractivity contribution in [2.75, 3.05) is 18.0 Å². The highest BCUT2D eigenvalue weighted by molar-refractivity contribution is 6.32. The highest BCUT2D eigenvalue weighted by atomic mass is 35.5. The Labute approximate surface area is 200 Å². The summed E-state index contributed by atoms with van der Waals surface area (Å²) in [6.45, 7) is 1.15. The number of rotatable bonds is 4. The molecule has 2 N–H and O–H groups in total. The second-order valence-electron chi connectivity index (χ2n) is 8.82. The van der Waals surface area contributed by atoms with Crippen LogP contribution in [0, 0.1) is 23.0 Å². The largest absolute Gasteiger partial charge is 0.355 e. The van der Waals surface area contributed by atoms with Crippen molar-refractivity contribution >= 4 is 17.4 Å². The summed E-state index contributed by atoms with van der Waals surface area (Å²) in [5.41, 5.74) is 6.43. The molecule has 3 aromatic rings. The molecule has 0 amide bonds. The van der Waals surface area contributed by atoms with E-state index < -0.39 is 17.2 Å². The first-order valence-corrected chi connectivity index (χ1v) is 11.6. The molecule has 1 saturated heterocycles. The first-order chi connectivity index (χ1) is 16.4. The third-order valence-corrected chi connectivity index (χ3v) is 6.79. The molecule has 1 aliphatic carbocycles. The van der Waals surface area contributed by atoms with Crippen LogP contribution in [0.15, 0.2) is 41.2 Å². The summed E-state index contributed by atoms with van der Waals surface area (Å²) in [5.74, 6) is -0.552. The number of aromatic nitrogens is 2. The van der Waals surface area contributed by atoms with E-state index in [1.807, 2.05) is 4.90 Å². The summed E-state index contributed by atoms with van der Waals surface area (Å²) >= 11 is 6.51. The van der Waals surface area contributed by atoms with Gasteiger partial charge >= 0.3 is 0 Å². The number of anilines is 1. The Morgan fingerprint density at radius 1 is 1.06 bits per heavy atom. The number of piperidine rings is 1. The van der Waals surface area contributed by atoms with Gasteiger partial charge in [-0.2, -0.15) is 5.26 Å². The zero-order valence-corrected chi connectivity index (χ0v) is 19.0. The van der Waals surface area contributed by atoms with Gasteiger partial charge in [-0.15, -0.1) is 0 Å². The lowest BCUT2D eigenvalue weighted by Crippen LogP contribution is -2.41. The number of halogens is 3. The number of nitrogens with two attached hydrogens (primary N) is 1. The van der Waals surface area contributed by atoms with Gasteiger partial charge in [0.2, 0.25) is 0 Å². The number of hydrogen-bond acceptors (Lipinski definition) is 5. The van der Waals surface area contributed by atoms with Crippen LogP contribution in [0.3, 0.4) is 0 Å². The molecule has 0 radical (unpaired) electrons. The van der Waals surface area contributed by atoms with Crippen molar-refractivity contribution in [3.8, 4) is 23.1 Å². The third kappa shape index (κ3) is 4.06. The molecule has 5 rings (SSSR count). The lowest BCUT2D eigenvalue weighted by Gasteiger charge is -2.32. The SMILES string of the molecule is N#Cc1ccc(-c2nc(N3CCC(N)CC3)c(Cl)c(=O)n2-c2ccc(C3CC3)c(F)c2)cc1F. The van der Waals surface area contributed by atoms with Gasteiger partial charge in [0.05, 0.1) is 11.3 Å². The molecule has 34 heavy (non-hydrogen) atoms. The zero-order chi connectivity index (χ0) is 24.0. The summed E-state index contributed by atoms with van der Waals surface area (Å²) in [6, 6.07) is 10.4. The fraction of sp³-hybridized carbons (Fsp3) is 0.320. The van der Waals surface area contributed by atoms with Gasteiger partial charge in [-0.1, -0.05) is 17.7 Å². The van der Waals surface area contributed by atoms with Crippen LogP contribution >= 0.6 is 11.6 Å². The second kappa shape index (κ2) is 8.82. The smallest absolute Gasteiger partial charge is 0.279 e. The van der Waals surface area contributed by atoms with Crippen molar-refractivity contribution in [3.63, 3.8) is 0 Å². The van der Waals surface area contributed by atoms with Gasteiger partial charge in [-0.3, -0.25) is 9.36 Å². The summed E-state index contributed by atoms with van der Waals surface area (Å²) in [4.78, 5) is 20.1. The average molecular weight is 482 g/mol. The van der Waals surface area contributed by atoms with Crippen molar-refractivity contribution in [2.24, 2.45) is 5.73 Å². The van der Waals surface area contributed by atoms with E-state index in [4.69, 9.17) is 22.6 Å². The number of benzene rings is 2. The summed E-state index contributed by atoms with van der Waals surface area (Å²) in [5, 5.41) is 9.00. The molecule has 0 unspecified atom stereocenters. The van der Waals surface area contributed by atoms with Crippen LogP contribution in [-0.4, -0.2) is 28.7 Å². The minimum atomic E-state index is -0.739. The zero-order valence-electron chi connectivity index (χ0n) is 18.3. The average Bonchev–Trinajstić information content (AvgIpc) is 3.66. The first-order valence-electron chi connectivity index (χ1n) is 11.2. The van der Waals surface area contributed by atoms with Crippen LogP contribution in [0.5, 0.6) is 0 Å². The van der Waals surface area contributed by atoms with Gasteiger partial charge in [0.1, 0.15) is 28.6 Å². The quantitative estimate of drug-likeness (QED) is 0.592. The summed E-state index contributed by atoms with van der Waals surface area (Å²) in [6.07, 6.45) is 3.31. The Kier molecular flexibility index (Phi) is 5.84. The molecule has 2 aliphatic rings. The molecule has 2 aromatic carbocycles. The maximum Gasteiger partial charge on any atom is 0.279 e. The monoisotopic (exact) mass is 481 g/mol. The molecule has 6 nitrogen and oxygen atoms in total. The van der Waals surface area contributed by atoms with Gasteiger partial charge < -0.3 is 10.6 Å². The Bertz CT molecular complexity index is 1370. The highest BCUT2D eigenvalue weighted by Gasteiger charge is 2.28. The van der Waals surface area contributed by atoms with E-state index in [0.717, 1.165) is 31.7 Å². The highest BCUT2D eigenvalue weighted by Crippen LogP contribution is 2.41. The molecule has 9 heteroatoms. The minimum absolute atomic E-state index is 0.0652. The Morgan fingerprint density at radius 2 is 1.79 bits per heavy atom. The van der Waals surface area contributed by atoms with Crippen LogP contribution < -0.4 is 16.2 Å². The van der Waals surface area contributed by atoms with E-state index in [1.165, 1.54) is 22.8 Å². The van der Waals surface area contributed by atoms with E-state index in [9.17, 15) is 13.6 Å². The number of nitriles is 1. The fourth-order valence-electron chi connectivity index (χ4n) is 4.37. The normalized spacial score (nSPS) is 16.5. The van der Waals surface area contributed by atoms with E-state index in [2.05, 4.69) is 4.98 Å². The molecule has 1 saturated carbocycles. The maximum atomic E-state index is 14.9. The van der Waals surface area contributed by atoms with Crippen LogP contribution in [0.2, 0.25) is 5.02 Å². The van der Waals surface area contributed by atoms with Gasteiger partial charge in [0.25, 0.3) is 5.56 Å². The van der Waals surface area contributed by atoms with Crippen LogP contribution in [-0.2, 0) is 0 Å². The third-order valence-electron chi connectivity index (χ3n) is 6.46. The minimum Gasteiger partial charge on any atom is -0.355 e. The van der Waals surface area contributed by atoms with Crippen molar-refractivity contribution in [1.29, 1.82) is 5.26 Å². The molecule has 1 aliphatic heterocycles. The van der Waals surface area contributed by atoms with E-state index >= 15 is 0 Å².